The van der Waals surface area contributed by atoms with Crippen LogP contribution in [0.25, 0.3) is 10.1 Å². The molecule has 0 saturated heterocycles. The van der Waals surface area contributed by atoms with Crippen molar-refractivity contribution in [3.05, 3.63) is 35.2 Å². The van der Waals surface area contributed by atoms with Crippen LogP contribution in [0, 0.1) is 0 Å². The van der Waals surface area contributed by atoms with E-state index in [9.17, 15) is 4.79 Å². The number of rotatable bonds is 4. The molecule has 100 valence electrons. The number of thiophene rings is 1. The van der Waals surface area contributed by atoms with E-state index in [0.717, 1.165) is 31.2 Å². The first-order chi connectivity index (χ1) is 9.25. The van der Waals surface area contributed by atoms with Crippen molar-refractivity contribution in [3.8, 4) is 0 Å². The van der Waals surface area contributed by atoms with Gasteiger partial charge >= 0.3 is 0 Å². The fourth-order valence-electron chi connectivity index (χ4n) is 3.05. The zero-order chi connectivity index (χ0) is 13.3. The van der Waals surface area contributed by atoms with E-state index >= 15 is 0 Å². The van der Waals surface area contributed by atoms with Crippen molar-refractivity contribution in [3.63, 3.8) is 0 Å². The summed E-state index contributed by atoms with van der Waals surface area (Å²) in [6.45, 7) is 0. The van der Waals surface area contributed by atoms with Crippen molar-refractivity contribution in [1.82, 2.24) is 0 Å². The van der Waals surface area contributed by atoms with E-state index in [1.165, 1.54) is 10.1 Å². The molecule has 0 bridgehead atoms. The van der Waals surface area contributed by atoms with Crippen LogP contribution in [-0.4, -0.2) is 18.5 Å². The van der Waals surface area contributed by atoms with Gasteiger partial charge in [0.1, 0.15) is 5.60 Å². The molecule has 0 amide bonds. The first-order valence-electron chi connectivity index (χ1n) is 6.79. The topological polar surface area (TPSA) is 26.3 Å². The number of fused-ring (bicyclic) bond motifs is 1. The molecule has 2 aromatic rings. The zero-order valence-corrected chi connectivity index (χ0v) is 12.0. The average molecular weight is 274 g/mol. The molecule has 0 N–H and O–H groups in total. The average Bonchev–Trinajstić information content (AvgIpc) is 3.07. The van der Waals surface area contributed by atoms with Gasteiger partial charge in [0.05, 0.1) is 0 Å². The van der Waals surface area contributed by atoms with E-state index in [0.29, 0.717) is 6.42 Å². The largest absolute Gasteiger partial charge is 0.370 e. The van der Waals surface area contributed by atoms with Crippen LogP contribution < -0.4 is 0 Å². The van der Waals surface area contributed by atoms with E-state index in [-0.39, 0.29) is 5.78 Å². The molecule has 3 heteroatoms. The molecule has 1 fully saturated rings. The summed E-state index contributed by atoms with van der Waals surface area (Å²) < 4.78 is 6.83. The molecule has 19 heavy (non-hydrogen) atoms. The van der Waals surface area contributed by atoms with Crippen LogP contribution >= 0.6 is 11.3 Å². The van der Waals surface area contributed by atoms with Crippen molar-refractivity contribution < 1.29 is 9.53 Å². The van der Waals surface area contributed by atoms with Gasteiger partial charge in [-0.2, -0.15) is 0 Å². The Hall–Kier alpha value is -1.19. The maximum absolute atomic E-state index is 12.6. The molecule has 1 heterocycles. The SMILES string of the molecule is COC1(C(=O)Cc2csc3ccccc23)CCCC1. The zero-order valence-electron chi connectivity index (χ0n) is 11.1. The highest BCUT2D eigenvalue weighted by molar-refractivity contribution is 7.17. The molecule has 0 atom stereocenters. The van der Waals surface area contributed by atoms with Crippen LogP contribution in [0.3, 0.4) is 0 Å². The van der Waals surface area contributed by atoms with E-state index < -0.39 is 5.60 Å². The molecule has 1 aliphatic carbocycles. The molecular formula is C16H18O2S. The van der Waals surface area contributed by atoms with Gasteiger partial charge in [-0.1, -0.05) is 18.2 Å². The van der Waals surface area contributed by atoms with Gasteiger partial charge in [0, 0.05) is 18.2 Å². The first kappa shape index (κ1) is 12.8. The lowest BCUT2D eigenvalue weighted by Crippen LogP contribution is -2.38. The van der Waals surface area contributed by atoms with Gasteiger partial charge in [0.2, 0.25) is 0 Å². The standard InChI is InChI=1S/C16H18O2S/c1-18-16(8-4-5-9-16)15(17)10-12-11-19-14-7-3-2-6-13(12)14/h2-3,6-7,11H,4-5,8-10H2,1H3. The molecular weight excluding hydrogens is 256 g/mol. The minimum Gasteiger partial charge on any atom is -0.370 e. The van der Waals surface area contributed by atoms with Gasteiger partial charge in [-0.25, -0.2) is 0 Å². The summed E-state index contributed by atoms with van der Waals surface area (Å²) in [6, 6.07) is 8.28. The maximum Gasteiger partial charge on any atom is 0.169 e. The van der Waals surface area contributed by atoms with Crippen LogP contribution in [0.4, 0.5) is 0 Å². The van der Waals surface area contributed by atoms with Gasteiger partial charge in [-0.15, -0.1) is 11.3 Å². The number of hydrogen-bond acceptors (Lipinski definition) is 3. The molecule has 0 aliphatic heterocycles. The van der Waals surface area contributed by atoms with Crippen LogP contribution in [0.1, 0.15) is 31.2 Å². The van der Waals surface area contributed by atoms with Crippen LogP contribution in [0.5, 0.6) is 0 Å². The van der Waals surface area contributed by atoms with Crippen LogP contribution in [0.2, 0.25) is 0 Å². The summed E-state index contributed by atoms with van der Waals surface area (Å²) in [5.74, 6) is 0.246. The van der Waals surface area contributed by atoms with Gasteiger partial charge in [-0.3, -0.25) is 4.79 Å². The molecule has 2 nitrogen and oxygen atoms in total. The number of methoxy groups -OCH3 is 1. The molecule has 0 unspecified atom stereocenters. The maximum atomic E-state index is 12.6. The van der Waals surface area contributed by atoms with Gasteiger partial charge < -0.3 is 4.74 Å². The Balaban J connectivity index is 1.86. The lowest BCUT2D eigenvalue weighted by atomic mass is 9.91. The molecule has 1 aromatic carbocycles. The Morgan fingerprint density at radius 3 is 2.79 bits per heavy atom. The van der Waals surface area contributed by atoms with Crippen molar-refractivity contribution >= 4 is 27.2 Å². The second-order valence-electron chi connectivity index (χ2n) is 5.26. The van der Waals surface area contributed by atoms with Gasteiger partial charge in [-0.05, 0) is 48.1 Å². The highest BCUT2D eigenvalue weighted by Crippen LogP contribution is 2.35. The lowest BCUT2D eigenvalue weighted by molar-refractivity contribution is -0.139. The van der Waals surface area contributed by atoms with Crippen molar-refractivity contribution in [2.75, 3.05) is 7.11 Å². The predicted octanol–water partition coefficient (Wildman–Crippen LogP) is 3.97. The van der Waals surface area contributed by atoms with E-state index in [1.54, 1.807) is 18.4 Å². The quantitative estimate of drug-likeness (QED) is 0.843. The number of carbonyl (C=O) groups excluding carboxylic acids is 1. The summed E-state index contributed by atoms with van der Waals surface area (Å²) in [7, 11) is 1.68. The molecule has 1 saturated carbocycles. The number of ketones is 1. The third-order valence-electron chi connectivity index (χ3n) is 4.22. The number of Topliss-reactive ketones (excluding diaryl/α,β-unsaturated/α-hetero) is 1. The normalized spacial score (nSPS) is 17.9. The highest BCUT2D eigenvalue weighted by Gasteiger charge is 2.40. The Kier molecular flexibility index (Phi) is 3.42. The van der Waals surface area contributed by atoms with Crippen LogP contribution in [0.15, 0.2) is 29.6 Å². The van der Waals surface area contributed by atoms with E-state index in [1.807, 2.05) is 12.1 Å². The Morgan fingerprint density at radius 2 is 2.05 bits per heavy atom. The van der Waals surface area contributed by atoms with Crippen molar-refractivity contribution in [1.29, 1.82) is 0 Å². The van der Waals surface area contributed by atoms with Crippen molar-refractivity contribution in [2.45, 2.75) is 37.7 Å². The van der Waals surface area contributed by atoms with Gasteiger partial charge in [0.15, 0.2) is 5.78 Å². The van der Waals surface area contributed by atoms with Gasteiger partial charge in [0.25, 0.3) is 0 Å². The number of carbonyl (C=O) groups is 1. The van der Waals surface area contributed by atoms with Crippen molar-refractivity contribution in [2.24, 2.45) is 0 Å². The Labute approximate surface area is 117 Å². The summed E-state index contributed by atoms with van der Waals surface area (Å²) >= 11 is 1.71. The predicted molar refractivity (Wildman–Crippen MR) is 78.7 cm³/mol. The second-order valence-corrected chi connectivity index (χ2v) is 6.17. The third kappa shape index (κ3) is 2.21. The van der Waals surface area contributed by atoms with E-state index in [2.05, 4.69) is 17.5 Å². The minimum atomic E-state index is -0.511. The van der Waals surface area contributed by atoms with E-state index in [4.69, 9.17) is 4.74 Å². The molecule has 0 spiro atoms. The fraction of sp³-hybridized carbons (Fsp3) is 0.438. The second kappa shape index (κ2) is 5.06. The Bertz CT molecular complexity index is 594. The summed E-state index contributed by atoms with van der Waals surface area (Å²) in [5, 5.41) is 3.33. The molecule has 1 aromatic heterocycles. The smallest absolute Gasteiger partial charge is 0.169 e. The number of ether oxygens (including phenoxy) is 1. The number of hydrogen-bond donors (Lipinski definition) is 0. The molecule has 0 radical (unpaired) electrons. The summed E-state index contributed by atoms with van der Waals surface area (Å²) in [5.41, 5.74) is 0.636. The fourth-order valence-corrected chi connectivity index (χ4v) is 4.01. The molecule has 3 rings (SSSR count). The highest BCUT2D eigenvalue weighted by atomic mass is 32.1. The van der Waals surface area contributed by atoms with Crippen LogP contribution in [-0.2, 0) is 16.0 Å². The third-order valence-corrected chi connectivity index (χ3v) is 5.23. The number of benzene rings is 1. The molecule has 1 aliphatic rings. The first-order valence-corrected chi connectivity index (χ1v) is 7.67. The monoisotopic (exact) mass is 274 g/mol. The summed E-state index contributed by atoms with van der Waals surface area (Å²) in [6.07, 6.45) is 4.46. The lowest BCUT2D eigenvalue weighted by Gasteiger charge is -2.25. The Morgan fingerprint density at radius 1 is 1.32 bits per heavy atom. The summed E-state index contributed by atoms with van der Waals surface area (Å²) in [4.78, 5) is 12.6. The minimum absolute atomic E-state index is 0.246.